The second-order valence-electron chi connectivity index (χ2n) is 8.93. The van der Waals surface area contributed by atoms with E-state index in [1.54, 1.807) is 0 Å². The first kappa shape index (κ1) is 22.0. The zero-order valence-electron chi connectivity index (χ0n) is 18.9. The van der Waals surface area contributed by atoms with Gasteiger partial charge in [-0.15, -0.1) is 0 Å². The van der Waals surface area contributed by atoms with E-state index in [-0.39, 0.29) is 11.9 Å². The van der Waals surface area contributed by atoms with Crippen LogP contribution in [0.5, 0.6) is 0 Å². The van der Waals surface area contributed by atoms with Gasteiger partial charge in [0.25, 0.3) is 0 Å². The SMILES string of the molecule is O=C1Cc2ccccc2C(c2ccc(Cl)cc2)N1CCCN1CCN(c2ccccc2)CC1. The lowest BCUT2D eigenvalue weighted by Crippen LogP contribution is -2.47. The number of benzene rings is 3. The molecule has 4 nitrogen and oxygen atoms in total. The van der Waals surface area contributed by atoms with E-state index in [4.69, 9.17) is 11.6 Å². The second-order valence-corrected chi connectivity index (χ2v) is 9.37. The van der Waals surface area contributed by atoms with E-state index in [0.717, 1.165) is 61.8 Å². The molecule has 1 atom stereocenters. The Labute approximate surface area is 201 Å². The monoisotopic (exact) mass is 459 g/mol. The molecule has 0 spiro atoms. The molecule has 0 bridgehead atoms. The predicted molar refractivity (Wildman–Crippen MR) is 135 cm³/mol. The van der Waals surface area contributed by atoms with Gasteiger partial charge in [0.05, 0.1) is 12.5 Å². The van der Waals surface area contributed by atoms with Gasteiger partial charge in [0.2, 0.25) is 5.91 Å². The molecule has 33 heavy (non-hydrogen) atoms. The minimum absolute atomic E-state index is 0.0466. The molecule has 5 heteroatoms. The lowest BCUT2D eigenvalue weighted by atomic mass is 9.87. The molecular formula is C28H30ClN3O. The summed E-state index contributed by atoms with van der Waals surface area (Å²) in [5, 5.41) is 0.718. The summed E-state index contributed by atoms with van der Waals surface area (Å²) < 4.78 is 0. The number of nitrogens with zero attached hydrogens (tertiary/aromatic N) is 3. The number of piperazine rings is 1. The fourth-order valence-electron chi connectivity index (χ4n) is 5.13. The van der Waals surface area contributed by atoms with Gasteiger partial charge in [-0.25, -0.2) is 0 Å². The Balaban J connectivity index is 1.24. The van der Waals surface area contributed by atoms with Crippen molar-refractivity contribution in [3.05, 3.63) is 101 Å². The lowest BCUT2D eigenvalue weighted by Gasteiger charge is -2.39. The van der Waals surface area contributed by atoms with Crippen molar-refractivity contribution in [2.45, 2.75) is 18.9 Å². The summed E-state index contributed by atoms with van der Waals surface area (Å²) in [5.41, 5.74) is 4.79. The summed E-state index contributed by atoms with van der Waals surface area (Å²) in [6, 6.07) is 26.9. The molecule has 0 saturated carbocycles. The van der Waals surface area contributed by atoms with E-state index in [9.17, 15) is 4.79 Å². The fourth-order valence-corrected chi connectivity index (χ4v) is 5.26. The third-order valence-corrected chi connectivity index (χ3v) is 7.13. The number of anilines is 1. The van der Waals surface area contributed by atoms with Crippen LogP contribution in [-0.4, -0.2) is 55.0 Å². The minimum atomic E-state index is -0.0466. The van der Waals surface area contributed by atoms with E-state index in [0.29, 0.717) is 6.42 Å². The van der Waals surface area contributed by atoms with Crippen LogP contribution in [0.4, 0.5) is 5.69 Å². The van der Waals surface area contributed by atoms with Gasteiger partial charge in [0.15, 0.2) is 0 Å². The summed E-state index contributed by atoms with van der Waals surface area (Å²) >= 11 is 6.15. The van der Waals surface area contributed by atoms with Crippen LogP contribution in [0.1, 0.15) is 29.2 Å². The second kappa shape index (κ2) is 9.98. The number of rotatable bonds is 6. The summed E-state index contributed by atoms with van der Waals surface area (Å²) in [5.74, 6) is 0.211. The average molecular weight is 460 g/mol. The van der Waals surface area contributed by atoms with E-state index >= 15 is 0 Å². The molecular weight excluding hydrogens is 430 g/mol. The Morgan fingerprint density at radius 3 is 2.24 bits per heavy atom. The predicted octanol–water partition coefficient (Wildman–Crippen LogP) is 5.03. The molecule has 2 aliphatic heterocycles. The van der Waals surface area contributed by atoms with Crippen LogP contribution in [0.3, 0.4) is 0 Å². The number of hydrogen-bond donors (Lipinski definition) is 0. The van der Waals surface area contributed by atoms with E-state index in [1.807, 2.05) is 18.2 Å². The Kier molecular flexibility index (Phi) is 6.65. The highest BCUT2D eigenvalue weighted by Crippen LogP contribution is 2.36. The van der Waals surface area contributed by atoms with Crippen LogP contribution < -0.4 is 4.90 Å². The minimum Gasteiger partial charge on any atom is -0.369 e. The third-order valence-electron chi connectivity index (χ3n) is 6.88. The topological polar surface area (TPSA) is 26.8 Å². The maximum Gasteiger partial charge on any atom is 0.227 e. The van der Waals surface area contributed by atoms with Crippen molar-refractivity contribution >= 4 is 23.2 Å². The van der Waals surface area contributed by atoms with Gasteiger partial charge in [-0.2, -0.15) is 0 Å². The van der Waals surface area contributed by atoms with Gasteiger partial charge in [-0.1, -0.05) is 66.2 Å². The summed E-state index contributed by atoms with van der Waals surface area (Å²) in [4.78, 5) is 20.2. The van der Waals surface area contributed by atoms with Crippen LogP contribution in [0.2, 0.25) is 5.02 Å². The third kappa shape index (κ3) is 4.92. The van der Waals surface area contributed by atoms with Crippen molar-refractivity contribution < 1.29 is 4.79 Å². The first-order valence-electron chi connectivity index (χ1n) is 11.8. The molecule has 3 aromatic rings. The maximum absolute atomic E-state index is 13.2. The van der Waals surface area contributed by atoms with Gasteiger partial charge in [0.1, 0.15) is 0 Å². The largest absolute Gasteiger partial charge is 0.369 e. The molecule has 1 unspecified atom stereocenters. The highest BCUT2D eigenvalue weighted by atomic mass is 35.5. The number of carbonyl (C=O) groups is 1. The molecule has 1 amide bonds. The Hall–Kier alpha value is -2.82. The van der Waals surface area contributed by atoms with Crippen molar-refractivity contribution in [3.63, 3.8) is 0 Å². The fraction of sp³-hybridized carbons (Fsp3) is 0.321. The van der Waals surface area contributed by atoms with Gasteiger partial charge in [0, 0.05) is 43.4 Å². The number of carbonyl (C=O) groups excluding carboxylic acids is 1. The molecule has 3 aromatic carbocycles. The Morgan fingerprint density at radius 1 is 0.788 bits per heavy atom. The maximum atomic E-state index is 13.2. The Bertz CT molecular complexity index is 1080. The van der Waals surface area contributed by atoms with E-state index in [1.165, 1.54) is 11.3 Å². The number of fused-ring (bicyclic) bond motifs is 1. The van der Waals surface area contributed by atoms with Crippen molar-refractivity contribution in [1.29, 1.82) is 0 Å². The lowest BCUT2D eigenvalue weighted by molar-refractivity contribution is -0.133. The highest BCUT2D eigenvalue weighted by Gasteiger charge is 2.33. The average Bonchev–Trinajstić information content (AvgIpc) is 2.86. The molecule has 0 N–H and O–H groups in total. The summed E-state index contributed by atoms with van der Waals surface area (Å²) in [6.07, 6.45) is 1.46. The highest BCUT2D eigenvalue weighted by molar-refractivity contribution is 6.30. The van der Waals surface area contributed by atoms with E-state index in [2.05, 4.69) is 75.4 Å². The number of amides is 1. The van der Waals surface area contributed by atoms with Crippen LogP contribution in [0, 0.1) is 0 Å². The normalized spacial score (nSPS) is 18.9. The van der Waals surface area contributed by atoms with Crippen molar-refractivity contribution in [1.82, 2.24) is 9.80 Å². The summed E-state index contributed by atoms with van der Waals surface area (Å²) in [7, 11) is 0. The smallest absolute Gasteiger partial charge is 0.227 e. The first-order chi connectivity index (χ1) is 16.2. The molecule has 2 heterocycles. The molecule has 0 aromatic heterocycles. The number of hydrogen-bond acceptors (Lipinski definition) is 3. The first-order valence-corrected chi connectivity index (χ1v) is 12.2. The van der Waals surface area contributed by atoms with Crippen molar-refractivity contribution in [2.75, 3.05) is 44.2 Å². The molecule has 170 valence electrons. The van der Waals surface area contributed by atoms with Crippen molar-refractivity contribution in [3.8, 4) is 0 Å². The van der Waals surface area contributed by atoms with Gasteiger partial charge < -0.3 is 9.80 Å². The van der Waals surface area contributed by atoms with Gasteiger partial charge >= 0.3 is 0 Å². The molecule has 2 aliphatic rings. The standard InChI is InChI=1S/C28H30ClN3O/c29-24-13-11-22(12-14-24)28-26-10-5-4-7-23(26)21-27(33)32(28)16-6-15-30-17-19-31(20-18-30)25-8-2-1-3-9-25/h1-5,7-14,28H,6,15-21H2. The van der Waals surface area contributed by atoms with Crippen LogP contribution in [0.15, 0.2) is 78.9 Å². The number of para-hydroxylation sites is 1. The molecule has 1 saturated heterocycles. The van der Waals surface area contributed by atoms with Crippen LogP contribution in [0.25, 0.3) is 0 Å². The quantitative estimate of drug-likeness (QED) is 0.517. The molecule has 5 rings (SSSR count). The molecule has 0 radical (unpaired) electrons. The van der Waals surface area contributed by atoms with Gasteiger partial charge in [-0.05, 0) is 53.9 Å². The van der Waals surface area contributed by atoms with Crippen LogP contribution in [-0.2, 0) is 11.2 Å². The zero-order valence-corrected chi connectivity index (χ0v) is 19.6. The molecule has 1 fully saturated rings. The number of halogens is 1. The zero-order chi connectivity index (χ0) is 22.6. The Morgan fingerprint density at radius 2 is 1.48 bits per heavy atom. The molecule has 0 aliphatic carbocycles. The summed E-state index contributed by atoms with van der Waals surface area (Å²) in [6.45, 7) is 6.00. The van der Waals surface area contributed by atoms with Gasteiger partial charge in [-0.3, -0.25) is 9.69 Å². The van der Waals surface area contributed by atoms with Crippen LogP contribution >= 0.6 is 11.6 Å². The van der Waals surface area contributed by atoms with E-state index < -0.39 is 0 Å². The van der Waals surface area contributed by atoms with Crippen molar-refractivity contribution in [2.24, 2.45) is 0 Å².